The van der Waals surface area contributed by atoms with Gasteiger partial charge in [0.05, 0.1) is 11.1 Å². The molecule has 1 aliphatic rings. The Balaban J connectivity index is 2.15. The fourth-order valence-corrected chi connectivity index (χ4v) is 3.39. The van der Waals surface area contributed by atoms with Crippen LogP contribution in [0.3, 0.4) is 0 Å². The topological polar surface area (TPSA) is 108 Å². The van der Waals surface area contributed by atoms with Crippen molar-refractivity contribution in [2.24, 2.45) is 4.99 Å². The highest BCUT2D eigenvalue weighted by molar-refractivity contribution is 5.77. The summed E-state index contributed by atoms with van der Waals surface area (Å²) < 4.78 is 1.18. The summed E-state index contributed by atoms with van der Waals surface area (Å²) in [7, 11) is 1.73. The minimum Gasteiger partial charge on any atom is -0.494 e. The number of carbonyl (C=O) groups excluding carboxylic acids is 1. The van der Waals surface area contributed by atoms with Crippen LogP contribution in [-0.4, -0.2) is 39.1 Å². The van der Waals surface area contributed by atoms with E-state index in [1.54, 1.807) is 18.9 Å². The lowest BCUT2D eigenvalue weighted by Crippen LogP contribution is -2.33. The van der Waals surface area contributed by atoms with Gasteiger partial charge in [0.2, 0.25) is 11.8 Å². The fraction of sp³-hybridized carbons (Fsp3) is 0.364. The monoisotopic (exact) mass is 410 g/mol. The Morgan fingerprint density at radius 2 is 2.03 bits per heavy atom. The van der Waals surface area contributed by atoms with Gasteiger partial charge >= 0.3 is 5.69 Å². The lowest BCUT2D eigenvalue weighted by molar-refractivity contribution is -0.127. The number of allylic oxidation sites excluding steroid dienone is 1. The third kappa shape index (κ3) is 3.98. The molecular weight excluding hydrogens is 384 g/mol. The lowest BCUT2D eigenvalue weighted by atomic mass is 10.1. The number of carbonyl (C=O) groups is 1. The molecule has 1 amide bonds. The highest BCUT2D eigenvalue weighted by Gasteiger charge is 2.20. The van der Waals surface area contributed by atoms with Crippen LogP contribution in [0, 0.1) is 0 Å². The summed E-state index contributed by atoms with van der Waals surface area (Å²) in [5.41, 5.74) is 0.0739. The van der Waals surface area contributed by atoms with Crippen LogP contribution in [0.4, 0.5) is 0 Å². The van der Waals surface area contributed by atoms with E-state index in [2.05, 4.69) is 9.98 Å². The average Bonchev–Trinajstić information content (AvgIpc) is 3.05. The Kier molecular flexibility index (Phi) is 6.05. The van der Waals surface area contributed by atoms with Crippen molar-refractivity contribution in [2.75, 3.05) is 13.6 Å². The third-order valence-corrected chi connectivity index (χ3v) is 5.48. The van der Waals surface area contributed by atoms with Crippen molar-refractivity contribution < 1.29 is 9.90 Å². The number of benzene rings is 1. The number of fused-ring (bicyclic) bond motifs is 1. The molecule has 2 aromatic rings. The Bertz CT molecular complexity index is 1250. The molecule has 8 nitrogen and oxygen atoms in total. The molecule has 2 N–H and O–H groups in total. The molecule has 1 aromatic heterocycles. The number of nitrogens with zero attached hydrogens (tertiary/aromatic N) is 3. The summed E-state index contributed by atoms with van der Waals surface area (Å²) in [6.45, 7) is 5.67. The maximum Gasteiger partial charge on any atom is 0.331 e. The molecule has 1 aliphatic heterocycles. The Morgan fingerprint density at radius 3 is 2.70 bits per heavy atom. The fourth-order valence-electron chi connectivity index (χ4n) is 3.39. The van der Waals surface area contributed by atoms with Crippen LogP contribution in [0.2, 0.25) is 0 Å². The molecule has 3 rings (SSSR count). The average molecular weight is 410 g/mol. The molecule has 0 radical (unpaired) electrons. The Labute approximate surface area is 173 Å². The van der Waals surface area contributed by atoms with Crippen molar-refractivity contribution in [1.82, 2.24) is 14.5 Å². The summed E-state index contributed by atoms with van der Waals surface area (Å²) in [5, 5.41) is 12.4. The summed E-state index contributed by atoms with van der Waals surface area (Å²) in [6.07, 6.45) is 2.65. The lowest BCUT2D eigenvalue weighted by Gasteiger charge is -2.16. The Morgan fingerprint density at radius 1 is 1.33 bits per heavy atom. The van der Waals surface area contributed by atoms with E-state index in [9.17, 15) is 19.5 Å². The summed E-state index contributed by atoms with van der Waals surface area (Å²) in [6, 6.07) is 7.30. The summed E-state index contributed by atoms with van der Waals surface area (Å²) in [4.78, 5) is 44.8. The van der Waals surface area contributed by atoms with Crippen LogP contribution >= 0.6 is 0 Å². The van der Waals surface area contributed by atoms with E-state index in [0.717, 1.165) is 16.1 Å². The van der Waals surface area contributed by atoms with Gasteiger partial charge in [-0.2, -0.15) is 0 Å². The van der Waals surface area contributed by atoms with Crippen molar-refractivity contribution in [3.8, 4) is 5.88 Å². The molecule has 0 bridgehead atoms. The van der Waals surface area contributed by atoms with E-state index in [4.69, 9.17) is 0 Å². The second kappa shape index (κ2) is 8.52. The molecule has 0 saturated carbocycles. The number of rotatable bonds is 6. The molecule has 158 valence electrons. The maximum absolute atomic E-state index is 12.5. The predicted molar refractivity (Wildman–Crippen MR) is 115 cm³/mol. The molecule has 1 atom stereocenters. The summed E-state index contributed by atoms with van der Waals surface area (Å²) >= 11 is 0. The molecule has 0 saturated heterocycles. The first kappa shape index (κ1) is 21.3. The second-order valence-corrected chi connectivity index (χ2v) is 7.45. The van der Waals surface area contributed by atoms with Crippen LogP contribution in [-0.2, 0) is 4.79 Å². The largest absolute Gasteiger partial charge is 0.494 e. The number of aromatic hydroxyl groups is 1. The van der Waals surface area contributed by atoms with E-state index in [1.165, 1.54) is 17.6 Å². The van der Waals surface area contributed by atoms with Crippen molar-refractivity contribution in [3.05, 3.63) is 66.9 Å². The van der Waals surface area contributed by atoms with Crippen LogP contribution in [0.5, 0.6) is 5.88 Å². The molecule has 1 unspecified atom stereocenters. The number of para-hydroxylation sites is 1. The number of aromatic nitrogens is 2. The van der Waals surface area contributed by atoms with E-state index >= 15 is 0 Å². The normalized spacial score (nSPS) is 15.1. The maximum atomic E-state index is 12.5. The molecule has 8 heteroatoms. The molecule has 0 aliphatic carbocycles. The molecule has 2 heterocycles. The highest BCUT2D eigenvalue weighted by atomic mass is 16.3. The molecule has 30 heavy (non-hydrogen) atoms. The number of hydrogen-bond acceptors (Lipinski definition) is 5. The summed E-state index contributed by atoms with van der Waals surface area (Å²) in [5.74, 6) is -0.420. The standard InChI is InChI=1S/C22H26N4O4/c1-5-13(2)26-21(29)17(20(28)24-22(26)30)12-19-16(10-11-25(4)14(3)27)15-8-6-7-9-18(15)23-19/h6-9,12-13,29H,5,10-11H2,1-4H3,(H,24,28,30)/b19-12-. The van der Waals surface area contributed by atoms with Crippen LogP contribution in [0.15, 0.2) is 44.5 Å². The smallest absolute Gasteiger partial charge is 0.331 e. The first-order valence-electron chi connectivity index (χ1n) is 9.93. The molecule has 0 fully saturated rings. The van der Waals surface area contributed by atoms with Gasteiger partial charge in [0.15, 0.2) is 0 Å². The van der Waals surface area contributed by atoms with Crippen LogP contribution in [0.25, 0.3) is 11.6 Å². The van der Waals surface area contributed by atoms with E-state index in [-0.39, 0.29) is 23.4 Å². The molecular formula is C22H26N4O4. The van der Waals surface area contributed by atoms with Gasteiger partial charge in [-0.1, -0.05) is 25.1 Å². The first-order chi connectivity index (χ1) is 14.2. The van der Waals surface area contributed by atoms with Gasteiger partial charge in [0.25, 0.3) is 5.56 Å². The van der Waals surface area contributed by atoms with Gasteiger partial charge in [-0.05, 0) is 37.5 Å². The number of hydrogen-bond donors (Lipinski definition) is 2. The zero-order chi connectivity index (χ0) is 22.0. The van der Waals surface area contributed by atoms with E-state index in [1.807, 2.05) is 31.2 Å². The van der Waals surface area contributed by atoms with Gasteiger partial charge in [0.1, 0.15) is 5.56 Å². The number of H-pyrrole nitrogens is 1. The van der Waals surface area contributed by atoms with Crippen LogP contribution < -0.4 is 21.8 Å². The van der Waals surface area contributed by atoms with Crippen molar-refractivity contribution in [2.45, 2.75) is 39.7 Å². The van der Waals surface area contributed by atoms with Crippen LogP contribution in [0.1, 0.15) is 45.2 Å². The zero-order valence-corrected chi connectivity index (χ0v) is 17.6. The zero-order valence-electron chi connectivity index (χ0n) is 17.6. The van der Waals surface area contributed by atoms with Gasteiger partial charge in [-0.3, -0.25) is 19.1 Å². The number of aromatic amines is 1. The highest BCUT2D eigenvalue weighted by Crippen LogP contribution is 2.25. The minimum absolute atomic E-state index is 0.0149. The van der Waals surface area contributed by atoms with Gasteiger partial charge < -0.3 is 10.0 Å². The van der Waals surface area contributed by atoms with Gasteiger partial charge in [-0.25, -0.2) is 9.79 Å². The molecule has 0 spiro atoms. The number of nitrogens with one attached hydrogen (secondary N) is 1. The van der Waals surface area contributed by atoms with Gasteiger partial charge in [0, 0.05) is 31.8 Å². The van der Waals surface area contributed by atoms with Gasteiger partial charge in [-0.15, -0.1) is 0 Å². The van der Waals surface area contributed by atoms with E-state index < -0.39 is 11.2 Å². The Hall–Kier alpha value is -3.42. The third-order valence-electron chi connectivity index (χ3n) is 5.48. The SMILES string of the molecule is CCC(C)n1c(O)c(/C=C2\N=c3ccccc3=C2CCN(C)C(C)=O)c(=O)[nH]c1=O. The van der Waals surface area contributed by atoms with Crippen molar-refractivity contribution in [3.63, 3.8) is 0 Å². The second-order valence-electron chi connectivity index (χ2n) is 7.45. The minimum atomic E-state index is -0.670. The predicted octanol–water partition coefficient (Wildman–Crippen LogP) is 0.907. The van der Waals surface area contributed by atoms with Crippen molar-refractivity contribution in [1.29, 1.82) is 0 Å². The number of amides is 1. The first-order valence-corrected chi connectivity index (χ1v) is 9.93. The van der Waals surface area contributed by atoms with E-state index in [0.29, 0.717) is 25.1 Å². The van der Waals surface area contributed by atoms with Crippen molar-refractivity contribution >= 4 is 17.6 Å². The quantitative estimate of drug-likeness (QED) is 0.738. The molecule has 1 aromatic carbocycles.